The molecule has 0 saturated carbocycles. The monoisotopic (exact) mass is 584 g/mol. The van der Waals surface area contributed by atoms with Crippen molar-refractivity contribution in [2.24, 2.45) is 5.41 Å². The van der Waals surface area contributed by atoms with Crippen LogP contribution in [0.2, 0.25) is 5.02 Å². The van der Waals surface area contributed by atoms with Crippen LogP contribution >= 0.6 is 11.6 Å². The van der Waals surface area contributed by atoms with Crippen LogP contribution in [0.4, 0.5) is 4.39 Å². The summed E-state index contributed by atoms with van der Waals surface area (Å²) in [4.78, 5) is 30.8. The van der Waals surface area contributed by atoms with Crippen molar-refractivity contribution in [3.8, 4) is 6.07 Å². The lowest BCUT2D eigenvalue weighted by Crippen LogP contribution is -2.48. The van der Waals surface area contributed by atoms with E-state index in [9.17, 15) is 19.2 Å². The molecule has 1 atom stereocenters. The van der Waals surface area contributed by atoms with E-state index in [0.717, 1.165) is 76.0 Å². The summed E-state index contributed by atoms with van der Waals surface area (Å²) in [7, 11) is 0. The number of rotatable bonds is 5. The molecule has 2 heterocycles. The van der Waals surface area contributed by atoms with Crippen LogP contribution in [-0.4, -0.2) is 47.8 Å². The lowest BCUT2D eigenvalue weighted by atomic mass is 9.71. The maximum absolute atomic E-state index is 14.2. The summed E-state index contributed by atoms with van der Waals surface area (Å²) in [5.74, 6) is -1.09. The van der Waals surface area contributed by atoms with Crippen LogP contribution in [0.3, 0.4) is 0 Å². The van der Waals surface area contributed by atoms with E-state index < -0.39 is 11.7 Å². The van der Waals surface area contributed by atoms with Gasteiger partial charge in [0.1, 0.15) is 5.82 Å². The number of amides is 2. The Balaban J connectivity index is 1.05. The third-order valence-electron chi connectivity index (χ3n) is 9.44. The Kier molecular flexibility index (Phi) is 8.02. The van der Waals surface area contributed by atoms with E-state index in [-0.39, 0.29) is 22.9 Å². The Bertz CT molecular complexity index is 1550. The van der Waals surface area contributed by atoms with Crippen LogP contribution in [0, 0.1) is 22.6 Å². The molecule has 1 unspecified atom stereocenters. The molecular formula is C34H34ClFN4O2. The standard InChI is InChI=1S/C34H34ClFN4O2/c35-27-7-8-30(36)29(20-27)32(41)38-31-9-6-25-4-5-26(19-28(25)31)33(42)40-16-12-34(13-17-40)10-14-39(15-11-34)22-24-3-1-2-23(18-24)21-37/h1-5,7-8,18-20,31H,6,9-17,22H2,(H,38,41). The molecule has 2 aliphatic heterocycles. The fourth-order valence-electron chi connectivity index (χ4n) is 6.84. The number of halogens is 2. The molecule has 216 valence electrons. The maximum atomic E-state index is 14.2. The minimum Gasteiger partial charge on any atom is -0.345 e. The summed E-state index contributed by atoms with van der Waals surface area (Å²) in [5, 5.41) is 12.4. The quantitative estimate of drug-likeness (QED) is 0.383. The summed E-state index contributed by atoms with van der Waals surface area (Å²) < 4.78 is 14.2. The van der Waals surface area contributed by atoms with E-state index in [1.165, 1.54) is 23.8 Å². The highest BCUT2D eigenvalue weighted by Gasteiger charge is 2.39. The molecule has 42 heavy (non-hydrogen) atoms. The fraction of sp³-hybridized carbons (Fsp3) is 0.382. The number of nitriles is 1. The summed E-state index contributed by atoms with van der Waals surface area (Å²) in [5.41, 5.74) is 4.75. The summed E-state index contributed by atoms with van der Waals surface area (Å²) >= 11 is 5.98. The molecule has 3 aromatic carbocycles. The molecule has 0 radical (unpaired) electrons. The molecule has 2 fully saturated rings. The van der Waals surface area contributed by atoms with Crippen LogP contribution in [0.5, 0.6) is 0 Å². The Morgan fingerprint density at radius 3 is 2.52 bits per heavy atom. The zero-order valence-corrected chi connectivity index (χ0v) is 24.3. The topological polar surface area (TPSA) is 76.4 Å². The Hall–Kier alpha value is -3.73. The molecule has 6 nitrogen and oxygen atoms in total. The first kappa shape index (κ1) is 28.4. The van der Waals surface area contributed by atoms with E-state index in [4.69, 9.17) is 11.6 Å². The van der Waals surface area contributed by atoms with Crippen LogP contribution in [0.15, 0.2) is 60.7 Å². The van der Waals surface area contributed by atoms with Crippen molar-refractivity contribution in [3.63, 3.8) is 0 Å². The van der Waals surface area contributed by atoms with Crippen LogP contribution in [-0.2, 0) is 13.0 Å². The average Bonchev–Trinajstić information content (AvgIpc) is 3.41. The molecule has 3 aromatic rings. The number of aryl methyl sites for hydroxylation is 1. The second-order valence-corrected chi connectivity index (χ2v) is 12.4. The maximum Gasteiger partial charge on any atom is 0.254 e. The highest BCUT2D eigenvalue weighted by molar-refractivity contribution is 6.31. The number of nitrogens with one attached hydrogen (secondary N) is 1. The van der Waals surface area contributed by atoms with Gasteiger partial charge in [0.2, 0.25) is 0 Å². The second kappa shape index (κ2) is 11.9. The number of nitrogens with zero attached hydrogens (tertiary/aromatic N) is 3. The van der Waals surface area contributed by atoms with Gasteiger partial charge in [-0.25, -0.2) is 4.39 Å². The first-order valence-corrected chi connectivity index (χ1v) is 15.1. The molecule has 1 N–H and O–H groups in total. The van der Waals surface area contributed by atoms with Crippen molar-refractivity contribution in [1.82, 2.24) is 15.1 Å². The molecule has 3 aliphatic rings. The zero-order chi connectivity index (χ0) is 29.3. The van der Waals surface area contributed by atoms with Gasteiger partial charge in [-0.3, -0.25) is 14.5 Å². The third kappa shape index (κ3) is 5.92. The number of hydrogen-bond donors (Lipinski definition) is 1. The van der Waals surface area contributed by atoms with E-state index in [0.29, 0.717) is 22.6 Å². The Morgan fingerprint density at radius 1 is 1.00 bits per heavy atom. The van der Waals surface area contributed by atoms with Gasteiger partial charge in [0.25, 0.3) is 11.8 Å². The van der Waals surface area contributed by atoms with Crippen molar-refractivity contribution >= 4 is 23.4 Å². The lowest BCUT2D eigenvalue weighted by Gasteiger charge is -2.47. The SMILES string of the molecule is N#Cc1cccc(CN2CCC3(CC2)CCN(C(=O)c2ccc4c(c2)C(NC(=O)c2cc(Cl)ccc2F)CC4)CC3)c1. The Morgan fingerprint density at radius 2 is 1.76 bits per heavy atom. The van der Waals surface area contributed by atoms with Crippen LogP contribution in [0.1, 0.15) is 81.1 Å². The summed E-state index contributed by atoms with van der Waals surface area (Å²) in [6.07, 6.45) is 5.76. The number of fused-ring (bicyclic) bond motifs is 1. The Labute approximate surface area is 251 Å². The van der Waals surface area contributed by atoms with Gasteiger partial charge >= 0.3 is 0 Å². The molecule has 1 aliphatic carbocycles. The van der Waals surface area contributed by atoms with Crippen molar-refractivity contribution in [2.75, 3.05) is 26.2 Å². The van der Waals surface area contributed by atoms with E-state index in [1.807, 2.05) is 41.3 Å². The average molecular weight is 585 g/mol. The molecule has 2 amide bonds. The third-order valence-corrected chi connectivity index (χ3v) is 9.67. The summed E-state index contributed by atoms with van der Waals surface area (Å²) in [6, 6.07) is 19.5. The lowest BCUT2D eigenvalue weighted by molar-refractivity contribution is 0.0285. The van der Waals surface area contributed by atoms with Gasteiger partial charge in [-0.05, 0) is 116 Å². The van der Waals surface area contributed by atoms with Gasteiger partial charge in [-0.1, -0.05) is 29.8 Å². The predicted octanol–water partition coefficient (Wildman–Crippen LogP) is 6.29. The second-order valence-electron chi connectivity index (χ2n) is 12.0. The number of carbonyl (C=O) groups excluding carboxylic acids is 2. The van der Waals surface area contributed by atoms with Gasteiger partial charge in [-0.2, -0.15) is 5.26 Å². The highest BCUT2D eigenvalue weighted by Crippen LogP contribution is 2.42. The first-order chi connectivity index (χ1) is 20.3. The number of benzene rings is 3. The van der Waals surface area contributed by atoms with Crippen molar-refractivity contribution < 1.29 is 14.0 Å². The molecule has 2 saturated heterocycles. The van der Waals surface area contributed by atoms with Crippen molar-refractivity contribution in [1.29, 1.82) is 5.26 Å². The van der Waals surface area contributed by atoms with E-state index in [2.05, 4.69) is 22.4 Å². The number of piperidine rings is 2. The van der Waals surface area contributed by atoms with Gasteiger partial charge in [0, 0.05) is 30.2 Å². The number of hydrogen-bond acceptors (Lipinski definition) is 4. The molecule has 1 spiro atoms. The fourth-order valence-corrected chi connectivity index (χ4v) is 7.01. The van der Waals surface area contributed by atoms with Crippen molar-refractivity contribution in [3.05, 3.63) is 105 Å². The van der Waals surface area contributed by atoms with Gasteiger partial charge < -0.3 is 10.2 Å². The largest absolute Gasteiger partial charge is 0.345 e. The summed E-state index contributed by atoms with van der Waals surface area (Å²) in [6.45, 7) is 4.41. The molecule has 6 rings (SSSR count). The molecule has 0 bridgehead atoms. The normalized spacial score (nSPS) is 19.7. The van der Waals surface area contributed by atoms with Crippen LogP contribution in [0.25, 0.3) is 0 Å². The first-order valence-electron chi connectivity index (χ1n) is 14.7. The number of carbonyl (C=O) groups is 2. The molecule has 8 heteroatoms. The minimum atomic E-state index is -0.613. The predicted molar refractivity (Wildman–Crippen MR) is 160 cm³/mol. The van der Waals surface area contributed by atoms with E-state index in [1.54, 1.807) is 0 Å². The van der Waals surface area contributed by atoms with E-state index >= 15 is 0 Å². The van der Waals surface area contributed by atoms with Gasteiger partial charge in [-0.15, -0.1) is 0 Å². The van der Waals surface area contributed by atoms with Gasteiger partial charge in [0.15, 0.2) is 0 Å². The molecular weight excluding hydrogens is 551 g/mol. The van der Waals surface area contributed by atoms with Gasteiger partial charge in [0.05, 0.1) is 23.2 Å². The zero-order valence-electron chi connectivity index (χ0n) is 23.5. The number of likely N-dealkylation sites (tertiary alicyclic amines) is 2. The van der Waals surface area contributed by atoms with Crippen LogP contribution < -0.4 is 5.32 Å². The highest BCUT2D eigenvalue weighted by atomic mass is 35.5. The minimum absolute atomic E-state index is 0.0281. The molecule has 0 aromatic heterocycles. The van der Waals surface area contributed by atoms with Crippen molar-refractivity contribution in [2.45, 2.75) is 51.1 Å². The smallest absolute Gasteiger partial charge is 0.254 e.